The van der Waals surface area contributed by atoms with Gasteiger partial charge in [0.2, 0.25) is 0 Å². The van der Waals surface area contributed by atoms with Gasteiger partial charge in [-0.15, -0.1) is 0 Å². The number of nitrogens with zero attached hydrogens (tertiary/aromatic N) is 1. The van der Waals surface area contributed by atoms with Crippen LogP contribution in [0.5, 0.6) is 0 Å². The summed E-state index contributed by atoms with van der Waals surface area (Å²) >= 11 is 5.88. The largest absolute Gasteiger partial charge is 0.353 e. The van der Waals surface area contributed by atoms with Crippen LogP contribution in [0.4, 0.5) is 17.1 Å². The first kappa shape index (κ1) is 22.1. The summed E-state index contributed by atoms with van der Waals surface area (Å²) in [6, 6.07) is 8.88. The van der Waals surface area contributed by atoms with Crippen molar-refractivity contribution in [3.63, 3.8) is 0 Å². The summed E-state index contributed by atoms with van der Waals surface area (Å²) in [6.07, 6.45) is 7.69. The van der Waals surface area contributed by atoms with Gasteiger partial charge in [-0.3, -0.25) is 14.6 Å². The second-order valence-electron chi connectivity index (χ2n) is 5.20. The Kier molecular flexibility index (Phi) is 9.54. The first-order chi connectivity index (χ1) is 13.0. The van der Waals surface area contributed by atoms with Gasteiger partial charge < -0.3 is 10.6 Å². The highest BCUT2D eigenvalue weighted by molar-refractivity contribution is 6.30. The van der Waals surface area contributed by atoms with Gasteiger partial charge in [0, 0.05) is 22.5 Å². The van der Waals surface area contributed by atoms with E-state index in [0.29, 0.717) is 22.0 Å². The summed E-state index contributed by atoms with van der Waals surface area (Å²) in [6.45, 7) is 7.16. The molecule has 0 bridgehead atoms. The lowest BCUT2D eigenvalue weighted by Crippen LogP contribution is -2.14. The number of nitrogens with one attached hydrogen (secondary N) is 2. The molecule has 6 heteroatoms. The Labute approximate surface area is 165 Å². The molecular formula is C21H24ClN3O2. The van der Waals surface area contributed by atoms with E-state index >= 15 is 0 Å². The monoisotopic (exact) mass is 385 g/mol. The minimum Gasteiger partial charge on any atom is -0.353 e. The molecule has 0 radical (unpaired) electrons. The number of halogens is 1. The zero-order valence-electron chi connectivity index (χ0n) is 15.9. The first-order valence-corrected chi connectivity index (χ1v) is 9.00. The van der Waals surface area contributed by atoms with Gasteiger partial charge >= 0.3 is 0 Å². The number of aromatic nitrogens is 1. The lowest BCUT2D eigenvalue weighted by molar-refractivity contribution is -0.113. The minimum absolute atomic E-state index is 0.124. The molecule has 2 rings (SSSR count). The molecule has 0 aliphatic rings. The van der Waals surface area contributed by atoms with E-state index < -0.39 is 0 Å². The number of ketones is 1. The van der Waals surface area contributed by atoms with E-state index in [1.807, 2.05) is 26.0 Å². The second-order valence-corrected chi connectivity index (χ2v) is 5.63. The molecule has 0 saturated heterocycles. The van der Waals surface area contributed by atoms with Gasteiger partial charge in [0.1, 0.15) is 0 Å². The minimum atomic E-state index is -0.314. The summed E-state index contributed by atoms with van der Waals surface area (Å²) in [4.78, 5) is 27.5. The molecule has 0 saturated carbocycles. The maximum Gasteiger partial charge on any atom is 0.255 e. The number of carbonyl (C=O) groups is 2. The van der Waals surface area contributed by atoms with Crippen molar-refractivity contribution >= 4 is 40.4 Å². The van der Waals surface area contributed by atoms with Crippen molar-refractivity contribution in [3.8, 4) is 0 Å². The lowest BCUT2D eigenvalue weighted by atomic mass is 10.2. The van der Waals surface area contributed by atoms with Crippen LogP contribution in [-0.4, -0.2) is 16.7 Å². The van der Waals surface area contributed by atoms with E-state index in [-0.39, 0.29) is 11.7 Å². The molecule has 142 valence electrons. The molecule has 1 aromatic heterocycles. The van der Waals surface area contributed by atoms with Crippen molar-refractivity contribution in [2.24, 2.45) is 0 Å². The van der Waals surface area contributed by atoms with Crippen molar-refractivity contribution in [2.45, 2.75) is 27.7 Å². The number of anilines is 3. The van der Waals surface area contributed by atoms with Gasteiger partial charge in [-0.1, -0.05) is 31.5 Å². The second kappa shape index (κ2) is 11.6. The molecule has 1 heterocycles. The van der Waals surface area contributed by atoms with E-state index in [2.05, 4.69) is 15.6 Å². The number of benzene rings is 1. The number of amides is 1. The Bertz CT molecular complexity index is 828. The Morgan fingerprint density at radius 2 is 1.70 bits per heavy atom. The number of hydrogen-bond acceptors (Lipinski definition) is 4. The summed E-state index contributed by atoms with van der Waals surface area (Å²) in [5.74, 6) is -0.438. The predicted octanol–water partition coefficient (Wildman–Crippen LogP) is 5.53. The van der Waals surface area contributed by atoms with Crippen LogP contribution in [0.2, 0.25) is 5.02 Å². The Morgan fingerprint density at radius 3 is 2.30 bits per heavy atom. The van der Waals surface area contributed by atoms with Crippen LogP contribution in [0.15, 0.2) is 66.5 Å². The number of carbonyl (C=O) groups excluding carboxylic acids is 2. The summed E-state index contributed by atoms with van der Waals surface area (Å²) in [7, 11) is 0. The molecule has 2 aromatic rings. The smallest absolute Gasteiger partial charge is 0.255 e. The van der Waals surface area contributed by atoms with Crippen LogP contribution < -0.4 is 10.6 Å². The number of hydrogen-bond donors (Lipinski definition) is 2. The number of allylic oxidation sites excluding steroid dienone is 2. The third-order valence-corrected chi connectivity index (χ3v) is 3.52. The highest BCUT2D eigenvalue weighted by Gasteiger charge is 2.10. The van der Waals surface area contributed by atoms with Gasteiger partial charge in [0.25, 0.3) is 5.91 Å². The fourth-order valence-electron chi connectivity index (χ4n) is 2.00. The zero-order chi connectivity index (χ0) is 20.2. The van der Waals surface area contributed by atoms with Crippen molar-refractivity contribution < 1.29 is 9.59 Å². The third kappa shape index (κ3) is 7.46. The molecule has 0 aliphatic carbocycles. The van der Waals surface area contributed by atoms with Crippen LogP contribution in [0.1, 0.15) is 27.7 Å². The van der Waals surface area contributed by atoms with Gasteiger partial charge in [-0.05, 0) is 56.3 Å². The van der Waals surface area contributed by atoms with Crippen molar-refractivity contribution in [3.05, 3.63) is 71.5 Å². The summed E-state index contributed by atoms with van der Waals surface area (Å²) in [5.41, 5.74) is 2.43. The van der Waals surface area contributed by atoms with Crippen molar-refractivity contribution in [2.75, 3.05) is 10.6 Å². The van der Waals surface area contributed by atoms with Crippen LogP contribution in [0.3, 0.4) is 0 Å². The molecular weight excluding hydrogens is 362 g/mol. The molecule has 1 aromatic carbocycles. The zero-order valence-corrected chi connectivity index (χ0v) is 16.7. The average Bonchev–Trinajstić information content (AvgIpc) is 2.67. The Morgan fingerprint density at radius 1 is 1.04 bits per heavy atom. The normalized spacial score (nSPS) is 10.8. The molecule has 0 spiro atoms. The molecule has 0 unspecified atom stereocenters. The highest BCUT2D eigenvalue weighted by Crippen LogP contribution is 2.25. The van der Waals surface area contributed by atoms with Gasteiger partial charge in [0.05, 0.1) is 17.6 Å². The van der Waals surface area contributed by atoms with E-state index in [4.69, 9.17) is 11.6 Å². The SMILES string of the molecule is C/C=C(\C=C/C(C)=O)C(=O)Nc1ccncc1Nc1ccc(Cl)cc1.CC. The third-order valence-electron chi connectivity index (χ3n) is 3.26. The number of pyridine rings is 1. The molecule has 0 atom stereocenters. The Balaban J connectivity index is 0.00000176. The summed E-state index contributed by atoms with van der Waals surface area (Å²) in [5, 5.41) is 6.64. The maximum atomic E-state index is 12.4. The van der Waals surface area contributed by atoms with Gasteiger partial charge in [0.15, 0.2) is 5.78 Å². The fraction of sp³-hybridized carbons (Fsp3) is 0.190. The number of rotatable bonds is 6. The quantitative estimate of drug-likeness (QED) is 0.506. The van der Waals surface area contributed by atoms with Crippen molar-refractivity contribution in [1.29, 1.82) is 0 Å². The van der Waals surface area contributed by atoms with Crippen molar-refractivity contribution in [1.82, 2.24) is 4.98 Å². The maximum absolute atomic E-state index is 12.4. The predicted molar refractivity (Wildman–Crippen MR) is 113 cm³/mol. The molecule has 27 heavy (non-hydrogen) atoms. The highest BCUT2D eigenvalue weighted by atomic mass is 35.5. The lowest BCUT2D eigenvalue weighted by Gasteiger charge is -2.13. The van der Waals surface area contributed by atoms with E-state index in [1.54, 1.807) is 43.6 Å². The average molecular weight is 386 g/mol. The molecule has 2 N–H and O–H groups in total. The van der Waals surface area contributed by atoms with Gasteiger partial charge in [-0.2, -0.15) is 0 Å². The first-order valence-electron chi connectivity index (χ1n) is 8.62. The molecule has 1 amide bonds. The van der Waals surface area contributed by atoms with E-state index in [9.17, 15) is 9.59 Å². The Hall–Kier alpha value is -2.92. The van der Waals surface area contributed by atoms with Crippen LogP contribution in [0, 0.1) is 0 Å². The van der Waals surface area contributed by atoms with Gasteiger partial charge in [-0.25, -0.2) is 0 Å². The van der Waals surface area contributed by atoms with Crippen LogP contribution in [-0.2, 0) is 9.59 Å². The summed E-state index contributed by atoms with van der Waals surface area (Å²) < 4.78 is 0. The topological polar surface area (TPSA) is 71.1 Å². The molecule has 5 nitrogen and oxygen atoms in total. The van der Waals surface area contributed by atoms with Crippen LogP contribution in [0.25, 0.3) is 0 Å². The standard InChI is InChI=1S/C19H18ClN3O2.C2H6/c1-3-14(5-4-13(2)24)19(25)23-17-10-11-21-12-18(17)22-16-8-6-15(20)7-9-16;1-2/h3-12,22H,1-2H3,(H,21,23,25);1-2H3/b5-4-,14-3+;. The molecule has 0 fully saturated rings. The van der Waals surface area contributed by atoms with E-state index in [1.165, 1.54) is 19.1 Å². The molecule has 0 aliphatic heterocycles. The van der Waals surface area contributed by atoms with E-state index in [0.717, 1.165) is 5.69 Å². The fourth-order valence-corrected chi connectivity index (χ4v) is 2.12. The van der Waals surface area contributed by atoms with Crippen LogP contribution >= 0.6 is 11.6 Å².